The summed E-state index contributed by atoms with van der Waals surface area (Å²) < 4.78 is 1.84. The van der Waals surface area contributed by atoms with Crippen molar-refractivity contribution in [1.29, 1.82) is 0 Å². The van der Waals surface area contributed by atoms with Crippen LogP contribution in [0.4, 0.5) is 0 Å². The maximum absolute atomic E-state index is 12.1. The number of benzene rings is 1. The molecule has 3 heteroatoms. The molecule has 0 N–H and O–H groups in total. The highest BCUT2D eigenvalue weighted by Gasteiger charge is 2.25. The fourth-order valence-corrected chi connectivity index (χ4v) is 3.15. The summed E-state index contributed by atoms with van der Waals surface area (Å²) >= 11 is 5.74. The minimum Gasteiger partial charge on any atom is -0.283 e. The van der Waals surface area contributed by atoms with Gasteiger partial charge in [-0.2, -0.15) is 0 Å². The van der Waals surface area contributed by atoms with Gasteiger partial charge in [0.2, 0.25) is 5.91 Å². The molecule has 0 unspecified atom stereocenters. The van der Waals surface area contributed by atoms with Gasteiger partial charge in [-0.3, -0.25) is 9.36 Å². The second-order valence-corrected chi connectivity index (χ2v) is 5.42. The van der Waals surface area contributed by atoms with Gasteiger partial charge in [0.1, 0.15) is 5.88 Å². The van der Waals surface area contributed by atoms with E-state index in [9.17, 15) is 4.79 Å². The summed E-state index contributed by atoms with van der Waals surface area (Å²) in [5.74, 6) is 0.729. The van der Waals surface area contributed by atoms with Crippen molar-refractivity contribution in [2.45, 2.75) is 26.2 Å². The molecule has 18 heavy (non-hydrogen) atoms. The molecule has 0 spiro atoms. The van der Waals surface area contributed by atoms with Crippen LogP contribution in [-0.4, -0.2) is 16.4 Å². The van der Waals surface area contributed by atoms with E-state index in [0.717, 1.165) is 24.8 Å². The van der Waals surface area contributed by atoms with E-state index >= 15 is 0 Å². The topological polar surface area (TPSA) is 22.0 Å². The summed E-state index contributed by atoms with van der Waals surface area (Å²) in [6.07, 6.45) is 3.20. The molecule has 1 aromatic heterocycles. The van der Waals surface area contributed by atoms with Crippen LogP contribution in [-0.2, 0) is 12.8 Å². The third kappa shape index (κ3) is 1.67. The minimum atomic E-state index is -0.0105. The van der Waals surface area contributed by atoms with Gasteiger partial charge in [0.05, 0.1) is 5.52 Å². The molecular weight excluding hydrogens is 246 g/mol. The van der Waals surface area contributed by atoms with Crippen molar-refractivity contribution in [3.63, 3.8) is 0 Å². The first-order chi connectivity index (χ1) is 8.72. The minimum absolute atomic E-state index is 0.0105. The van der Waals surface area contributed by atoms with Crippen LogP contribution >= 0.6 is 11.6 Å². The lowest BCUT2D eigenvalue weighted by molar-refractivity contribution is 0.0941. The Balaban J connectivity index is 2.31. The van der Waals surface area contributed by atoms with E-state index in [4.69, 9.17) is 11.6 Å². The molecule has 1 aliphatic rings. The van der Waals surface area contributed by atoms with Crippen LogP contribution in [0.2, 0.25) is 0 Å². The quantitative estimate of drug-likeness (QED) is 0.719. The van der Waals surface area contributed by atoms with Crippen molar-refractivity contribution in [1.82, 2.24) is 4.57 Å². The van der Waals surface area contributed by atoms with Crippen LogP contribution in [0.3, 0.4) is 0 Å². The van der Waals surface area contributed by atoms with Crippen molar-refractivity contribution in [3.8, 4) is 0 Å². The van der Waals surface area contributed by atoms with E-state index in [2.05, 4.69) is 13.0 Å². The fraction of sp³-hybridized carbons (Fsp3) is 0.400. The summed E-state index contributed by atoms with van der Waals surface area (Å²) in [4.78, 5) is 12.1. The van der Waals surface area contributed by atoms with Crippen molar-refractivity contribution in [2.24, 2.45) is 5.92 Å². The van der Waals surface area contributed by atoms with Gasteiger partial charge in [0.15, 0.2) is 0 Å². The van der Waals surface area contributed by atoms with E-state index in [1.165, 1.54) is 16.6 Å². The molecule has 0 fully saturated rings. The highest BCUT2D eigenvalue weighted by atomic mass is 35.5. The summed E-state index contributed by atoms with van der Waals surface area (Å²) in [6.45, 7) is 2.28. The molecule has 1 heterocycles. The molecule has 0 saturated carbocycles. The van der Waals surface area contributed by atoms with Gasteiger partial charge in [0.25, 0.3) is 0 Å². The Morgan fingerprint density at radius 1 is 1.44 bits per heavy atom. The number of carbonyl (C=O) groups excluding carboxylic acids is 1. The second kappa shape index (κ2) is 4.43. The van der Waals surface area contributed by atoms with Gasteiger partial charge in [-0.25, -0.2) is 0 Å². The van der Waals surface area contributed by atoms with E-state index in [0.29, 0.717) is 5.92 Å². The molecule has 0 aliphatic heterocycles. The number of fused-ring (bicyclic) bond motifs is 3. The zero-order valence-electron chi connectivity index (χ0n) is 10.4. The van der Waals surface area contributed by atoms with Crippen molar-refractivity contribution >= 4 is 28.4 Å². The number of hydrogen-bond donors (Lipinski definition) is 0. The Morgan fingerprint density at radius 3 is 3.00 bits per heavy atom. The molecule has 1 aromatic carbocycles. The smallest absolute Gasteiger partial charge is 0.246 e. The standard InChI is InChI=1S/C15H16ClNO/c1-10-6-7-14-12(8-10)11-4-2-3-5-13(11)17(14)15(18)9-16/h2-5,10H,6-9H2,1H3/t10-/m0/s1. The van der Waals surface area contributed by atoms with Gasteiger partial charge in [0, 0.05) is 11.1 Å². The maximum atomic E-state index is 12.1. The summed E-state index contributed by atoms with van der Waals surface area (Å²) in [5, 5.41) is 1.22. The molecule has 0 saturated heterocycles. The molecule has 3 rings (SSSR count). The molecule has 0 amide bonds. The maximum Gasteiger partial charge on any atom is 0.246 e. The molecule has 2 nitrogen and oxygen atoms in total. The Labute approximate surface area is 112 Å². The number of halogens is 1. The van der Waals surface area contributed by atoms with Crippen LogP contribution in [0.15, 0.2) is 24.3 Å². The average molecular weight is 262 g/mol. The predicted molar refractivity (Wildman–Crippen MR) is 74.5 cm³/mol. The van der Waals surface area contributed by atoms with Crippen LogP contribution in [0, 0.1) is 5.92 Å². The lowest BCUT2D eigenvalue weighted by atomic mass is 9.88. The monoisotopic (exact) mass is 261 g/mol. The summed E-state index contributed by atoms with van der Waals surface area (Å²) in [5.41, 5.74) is 3.55. The van der Waals surface area contributed by atoms with Gasteiger partial charge in [-0.05, 0) is 36.8 Å². The Kier molecular flexibility index (Phi) is 2.90. The van der Waals surface area contributed by atoms with Crippen LogP contribution in [0.25, 0.3) is 10.9 Å². The third-order valence-electron chi connectivity index (χ3n) is 3.88. The predicted octanol–water partition coefficient (Wildman–Crippen LogP) is 3.65. The zero-order chi connectivity index (χ0) is 12.7. The van der Waals surface area contributed by atoms with Crippen LogP contribution < -0.4 is 0 Å². The lowest BCUT2D eigenvalue weighted by Crippen LogP contribution is -2.19. The van der Waals surface area contributed by atoms with E-state index in [1.54, 1.807) is 0 Å². The lowest BCUT2D eigenvalue weighted by Gasteiger charge is -2.20. The summed E-state index contributed by atoms with van der Waals surface area (Å²) in [7, 11) is 0. The summed E-state index contributed by atoms with van der Waals surface area (Å²) in [6, 6.07) is 8.15. The highest BCUT2D eigenvalue weighted by molar-refractivity contribution is 6.28. The van der Waals surface area contributed by atoms with Crippen molar-refractivity contribution in [3.05, 3.63) is 35.5 Å². The number of nitrogens with zero attached hydrogens (tertiary/aromatic N) is 1. The number of alkyl halides is 1. The fourth-order valence-electron chi connectivity index (χ4n) is 3.03. The number of para-hydroxylation sites is 1. The van der Waals surface area contributed by atoms with Crippen molar-refractivity contribution < 1.29 is 4.79 Å². The molecule has 0 radical (unpaired) electrons. The van der Waals surface area contributed by atoms with Gasteiger partial charge in [-0.15, -0.1) is 11.6 Å². The Bertz CT molecular complexity index is 614. The SMILES string of the molecule is C[C@H]1CCc2c(c3ccccc3n2C(=O)CCl)C1. The normalized spacial score (nSPS) is 18.9. The van der Waals surface area contributed by atoms with Gasteiger partial charge in [-0.1, -0.05) is 25.1 Å². The molecule has 2 aromatic rings. The van der Waals surface area contributed by atoms with E-state index < -0.39 is 0 Å². The number of hydrogen-bond acceptors (Lipinski definition) is 1. The zero-order valence-corrected chi connectivity index (χ0v) is 11.2. The molecule has 94 valence electrons. The highest BCUT2D eigenvalue weighted by Crippen LogP contribution is 2.34. The molecule has 1 aliphatic carbocycles. The van der Waals surface area contributed by atoms with Crippen LogP contribution in [0.1, 0.15) is 29.4 Å². The van der Waals surface area contributed by atoms with E-state index in [1.807, 2.05) is 22.8 Å². The first kappa shape index (κ1) is 11.8. The number of aromatic nitrogens is 1. The van der Waals surface area contributed by atoms with Gasteiger partial charge < -0.3 is 0 Å². The van der Waals surface area contributed by atoms with Crippen LogP contribution in [0.5, 0.6) is 0 Å². The van der Waals surface area contributed by atoms with Crippen molar-refractivity contribution in [2.75, 3.05) is 5.88 Å². The van der Waals surface area contributed by atoms with E-state index in [-0.39, 0.29) is 11.8 Å². The Morgan fingerprint density at radius 2 is 2.22 bits per heavy atom. The molecule has 1 atom stereocenters. The molecule has 0 bridgehead atoms. The first-order valence-corrected chi connectivity index (χ1v) is 6.96. The largest absolute Gasteiger partial charge is 0.283 e. The number of rotatable bonds is 1. The average Bonchev–Trinajstić information content (AvgIpc) is 2.72. The van der Waals surface area contributed by atoms with Gasteiger partial charge >= 0.3 is 0 Å². The molecular formula is C15H16ClNO. The second-order valence-electron chi connectivity index (χ2n) is 5.15. The first-order valence-electron chi connectivity index (χ1n) is 6.42. The number of carbonyl (C=O) groups is 1. The third-order valence-corrected chi connectivity index (χ3v) is 4.11. The Hall–Kier alpha value is -1.28.